The number of carbonyl (C=O) groups is 2. The normalized spacial score (nSPS) is 12.7. The Morgan fingerprint density at radius 2 is 1.80 bits per heavy atom. The maximum Gasteiger partial charge on any atom is 0.220 e. The van der Waals surface area contributed by atoms with Crippen LogP contribution < -0.4 is 10.6 Å². The van der Waals surface area contributed by atoms with Gasteiger partial charge in [-0.05, 0) is 42.2 Å². The van der Waals surface area contributed by atoms with Crippen LogP contribution in [0.3, 0.4) is 0 Å². The van der Waals surface area contributed by atoms with Crippen molar-refractivity contribution in [2.45, 2.75) is 46.3 Å². The first-order valence-electron chi connectivity index (χ1n) is 8.71. The second-order valence-corrected chi connectivity index (χ2v) is 6.72. The Balaban J connectivity index is 1.49. The maximum absolute atomic E-state index is 12.3. The number of aryl methyl sites for hydroxylation is 2. The maximum atomic E-state index is 12.3. The Hall–Kier alpha value is -2.46. The summed E-state index contributed by atoms with van der Waals surface area (Å²) in [6, 6.07) is 12.1. The molecule has 1 heterocycles. The Labute approximate surface area is 148 Å². The summed E-state index contributed by atoms with van der Waals surface area (Å²) in [5.74, 6) is -0.0581. The first-order valence-corrected chi connectivity index (χ1v) is 8.71. The van der Waals surface area contributed by atoms with Gasteiger partial charge in [-0.3, -0.25) is 9.59 Å². The summed E-state index contributed by atoms with van der Waals surface area (Å²) in [5.41, 5.74) is 6.47. The van der Waals surface area contributed by atoms with Crippen molar-refractivity contribution < 1.29 is 9.59 Å². The predicted octanol–water partition coefficient (Wildman–Crippen LogP) is 3.19. The van der Waals surface area contributed by atoms with E-state index < -0.39 is 0 Å². The molecule has 0 spiro atoms. The highest BCUT2D eigenvalue weighted by atomic mass is 16.2. The van der Waals surface area contributed by atoms with Crippen LogP contribution in [0.2, 0.25) is 0 Å². The second-order valence-electron chi connectivity index (χ2n) is 6.72. The third-order valence-corrected chi connectivity index (χ3v) is 4.66. The van der Waals surface area contributed by atoms with Crippen LogP contribution in [0.1, 0.15) is 51.0 Å². The lowest BCUT2D eigenvalue weighted by atomic mass is 9.99. The largest absolute Gasteiger partial charge is 0.352 e. The topological polar surface area (TPSA) is 58.2 Å². The van der Waals surface area contributed by atoms with Gasteiger partial charge in [0.1, 0.15) is 0 Å². The number of rotatable bonds is 6. The SMILES string of the molecule is Cc1ccc(C)c(C(=O)CCC(=O)NCc2ccc3c(c2)CNC3)c1. The van der Waals surface area contributed by atoms with E-state index in [0.29, 0.717) is 6.54 Å². The molecule has 0 fully saturated rings. The summed E-state index contributed by atoms with van der Waals surface area (Å²) in [5, 5.41) is 6.22. The van der Waals surface area contributed by atoms with Gasteiger partial charge >= 0.3 is 0 Å². The quantitative estimate of drug-likeness (QED) is 0.797. The lowest BCUT2D eigenvalue weighted by Crippen LogP contribution is -2.23. The first kappa shape index (κ1) is 17.4. The van der Waals surface area contributed by atoms with Gasteiger partial charge in [-0.15, -0.1) is 0 Å². The molecule has 2 N–H and O–H groups in total. The zero-order valence-corrected chi connectivity index (χ0v) is 14.8. The molecule has 1 aliphatic heterocycles. The van der Waals surface area contributed by atoms with E-state index in [4.69, 9.17) is 0 Å². The second kappa shape index (κ2) is 7.62. The van der Waals surface area contributed by atoms with Crippen molar-refractivity contribution in [1.82, 2.24) is 10.6 Å². The van der Waals surface area contributed by atoms with Crippen molar-refractivity contribution in [2.75, 3.05) is 0 Å². The number of Topliss-reactive ketones (excluding diaryl/α,β-unsaturated/α-hetero) is 1. The molecule has 4 heteroatoms. The molecule has 3 rings (SSSR count). The fourth-order valence-electron chi connectivity index (χ4n) is 3.15. The summed E-state index contributed by atoms with van der Waals surface area (Å²) < 4.78 is 0. The molecule has 0 saturated heterocycles. The van der Waals surface area contributed by atoms with E-state index in [1.54, 1.807) is 0 Å². The summed E-state index contributed by atoms with van der Waals surface area (Å²) in [4.78, 5) is 24.4. The highest BCUT2D eigenvalue weighted by Gasteiger charge is 2.13. The third-order valence-electron chi connectivity index (χ3n) is 4.66. The number of hydrogen-bond acceptors (Lipinski definition) is 3. The number of ketones is 1. The number of amides is 1. The molecule has 0 atom stereocenters. The minimum atomic E-state index is -0.0859. The van der Waals surface area contributed by atoms with Crippen LogP contribution in [-0.4, -0.2) is 11.7 Å². The third kappa shape index (κ3) is 4.34. The van der Waals surface area contributed by atoms with Crippen LogP contribution in [0.4, 0.5) is 0 Å². The number of fused-ring (bicyclic) bond motifs is 1. The lowest BCUT2D eigenvalue weighted by Gasteiger charge is -2.08. The van der Waals surface area contributed by atoms with Crippen LogP contribution in [-0.2, 0) is 24.4 Å². The molecule has 1 amide bonds. The minimum Gasteiger partial charge on any atom is -0.352 e. The Kier molecular flexibility index (Phi) is 5.29. The Morgan fingerprint density at radius 3 is 2.64 bits per heavy atom. The van der Waals surface area contributed by atoms with Gasteiger partial charge in [0, 0.05) is 38.0 Å². The molecule has 2 aromatic carbocycles. The van der Waals surface area contributed by atoms with E-state index in [0.717, 1.165) is 35.3 Å². The first-order chi connectivity index (χ1) is 12.0. The van der Waals surface area contributed by atoms with Crippen molar-refractivity contribution in [2.24, 2.45) is 0 Å². The molecule has 4 nitrogen and oxygen atoms in total. The van der Waals surface area contributed by atoms with Crippen LogP contribution in [0.25, 0.3) is 0 Å². The van der Waals surface area contributed by atoms with Crippen molar-refractivity contribution in [3.63, 3.8) is 0 Å². The summed E-state index contributed by atoms with van der Waals surface area (Å²) in [6.45, 7) is 6.21. The van der Waals surface area contributed by atoms with Crippen molar-refractivity contribution in [1.29, 1.82) is 0 Å². The van der Waals surface area contributed by atoms with Crippen molar-refractivity contribution in [3.8, 4) is 0 Å². The smallest absolute Gasteiger partial charge is 0.220 e. The van der Waals surface area contributed by atoms with Gasteiger partial charge < -0.3 is 10.6 Å². The fourth-order valence-corrected chi connectivity index (χ4v) is 3.15. The molecular weight excluding hydrogens is 312 g/mol. The van der Waals surface area contributed by atoms with Gasteiger partial charge in [-0.2, -0.15) is 0 Å². The van der Waals surface area contributed by atoms with Gasteiger partial charge in [-0.25, -0.2) is 0 Å². The number of carbonyl (C=O) groups excluding carboxylic acids is 2. The van der Waals surface area contributed by atoms with E-state index in [-0.39, 0.29) is 24.5 Å². The van der Waals surface area contributed by atoms with Gasteiger partial charge in [0.25, 0.3) is 0 Å². The molecule has 130 valence electrons. The molecule has 25 heavy (non-hydrogen) atoms. The summed E-state index contributed by atoms with van der Waals surface area (Å²) in [7, 11) is 0. The van der Waals surface area contributed by atoms with Crippen molar-refractivity contribution >= 4 is 11.7 Å². The van der Waals surface area contributed by atoms with Gasteiger partial charge in [0.05, 0.1) is 0 Å². The standard InChI is InChI=1S/C21H24N2O2/c1-14-3-4-15(2)19(9-14)20(24)7-8-21(25)23-11-16-5-6-17-12-22-13-18(17)10-16/h3-6,9-10,22H,7-8,11-13H2,1-2H3,(H,23,25). The fraction of sp³-hybridized carbons (Fsp3) is 0.333. The highest BCUT2D eigenvalue weighted by Crippen LogP contribution is 2.17. The molecule has 0 unspecified atom stereocenters. The number of benzene rings is 2. The molecule has 2 aromatic rings. The zero-order chi connectivity index (χ0) is 17.8. The number of nitrogens with one attached hydrogen (secondary N) is 2. The van der Waals surface area contributed by atoms with Crippen LogP contribution in [0, 0.1) is 13.8 Å². The molecule has 0 aromatic heterocycles. The number of hydrogen-bond donors (Lipinski definition) is 2. The van der Waals surface area contributed by atoms with Crippen LogP contribution in [0.5, 0.6) is 0 Å². The van der Waals surface area contributed by atoms with E-state index >= 15 is 0 Å². The lowest BCUT2D eigenvalue weighted by molar-refractivity contribution is -0.121. The minimum absolute atomic E-state index is 0.0277. The molecule has 0 bridgehead atoms. The average Bonchev–Trinajstić information content (AvgIpc) is 3.07. The van der Waals surface area contributed by atoms with Gasteiger partial charge in [0.15, 0.2) is 5.78 Å². The molecule has 0 aliphatic carbocycles. The Morgan fingerprint density at radius 1 is 1.00 bits per heavy atom. The van der Waals surface area contributed by atoms with E-state index in [1.165, 1.54) is 11.1 Å². The van der Waals surface area contributed by atoms with Crippen LogP contribution in [0.15, 0.2) is 36.4 Å². The van der Waals surface area contributed by atoms with Gasteiger partial charge in [0.2, 0.25) is 5.91 Å². The highest BCUT2D eigenvalue weighted by molar-refractivity contribution is 5.99. The predicted molar refractivity (Wildman–Crippen MR) is 98.3 cm³/mol. The van der Waals surface area contributed by atoms with Crippen molar-refractivity contribution in [3.05, 3.63) is 69.8 Å². The molecular formula is C21H24N2O2. The molecule has 0 saturated carbocycles. The summed E-state index contributed by atoms with van der Waals surface area (Å²) >= 11 is 0. The monoisotopic (exact) mass is 336 g/mol. The zero-order valence-electron chi connectivity index (χ0n) is 14.8. The van der Waals surface area contributed by atoms with E-state index in [1.807, 2.05) is 38.1 Å². The van der Waals surface area contributed by atoms with Gasteiger partial charge in [-0.1, -0.05) is 35.9 Å². The molecule has 1 aliphatic rings. The van der Waals surface area contributed by atoms with E-state index in [9.17, 15) is 9.59 Å². The summed E-state index contributed by atoms with van der Waals surface area (Å²) in [6.07, 6.45) is 0.461. The Bertz CT molecular complexity index is 812. The van der Waals surface area contributed by atoms with E-state index in [2.05, 4.69) is 22.8 Å². The average molecular weight is 336 g/mol. The van der Waals surface area contributed by atoms with Crippen LogP contribution >= 0.6 is 0 Å². The molecule has 0 radical (unpaired) electrons.